The number of rotatable bonds is 5. The standard InChI is InChI=1S/C26H18Br2N4O/c27-20-11-9-17(10-12-20)15-32-16-24(28)25(31-32)26(33)30-29-14-23-21-7-3-1-5-18(21)13-19-6-2-4-8-22(19)23/h1-14,16H,15H2,(H,30,33)/b29-14-. The van der Waals surface area contributed by atoms with E-state index in [0.29, 0.717) is 11.0 Å². The van der Waals surface area contributed by atoms with Gasteiger partial charge in [-0.3, -0.25) is 9.48 Å². The maximum absolute atomic E-state index is 12.8. The molecule has 1 aromatic heterocycles. The van der Waals surface area contributed by atoms with Crippen molar-refractivity contribution in [3.05, 3.63) is 111 Å². The molecule has 0 aliphatic heterocycles. The van der Waals surface area contributed by atoms with Gasteiger partial charge in [0.05, 0.1) is 17.2 Å². The lowest BCUT2D eigenvalue weighted by Crippen LogP contribution is -2.19. The van der Waals surface area contributed by atoms with Crippen molar-refractivity contribution in [1.82, 2.24) is 15.2 Å². The largest absolute Gasteiger partial charge is 0.293 e. The van der Waals surface area contributed by atoms with E-state index in [0.717, 1.165) is 37.1 Å². The van der Waals surface area contributed by atoms with Gasteiger partial charge in [0.2, 0.25) is 0 Å². The van der Waals surface area contributed by atoms with E-state index in [2.05, 4.69) is 77.8 Å². The molecule has 0 saturated carbocycles. The fraction of sp³-hybridized carbons (Fsp3) is 0.0385. The van der Waals surface area contributed by atoms with Gasteiger partial charge in [0.1, 0.15) is 0 Å². The van der Waals surface area contributed by atoms with Crippen molar-refractivity contribution < 1.29 is 4.79 Å². The van der Waals surface area contributed by atoms with Gasteiger partial charge in [0.15, 0.2) is 5.69 Å². The summed E-state index contributed by atoms with van der Waals surface area (Å²) in [7, 11) is 0. The number of amides is 1. The van der Waals surface area contributed by atoms with E-state index in [4.69, 9.17) is 0 Å². The van der Waals surface area contributed by atoms with E-state index < -0.39 is 0 Å². The number of hydrogen-bond donors (Lipinski definition) is 1. The first-order chi connectivity index (χ1) is 16.1. The molecule has 7 heteroatoms. The normalized spacial score (nSPS) is 11.5. The zero-order valence-corrected chi connectivity index (χ0v) is 20.5. The van der Waals surface area contributed by atoms with Crippen molar-refractivity contribution in [3.63, 3.8) is 0 Å². The van der Waals surface area contributed by atoms with Gasteiger partial charge < -0.3 is 0 Å². The van der Waals surface area contributed by atoms with E-state index in [-0.39, 0.29) is 11.6 Å². The first-order valence-corrected chi connectivity index (χ1v) is 11.9. The average Bonchev–Trinajstić information content (AvgIpc) is 3.20. The van der Waals surface area contributed by atoms with Gasteiger partial charge in [-0.05, 0) is 61.2 Å². The molecule has 33 heavy (non-hydrogen) atoms. The van der Waals surface area contributed by atoms with Gasteiger partial charge >= 0.3 is 0 Å². The van der Waals surface area contributed by atoms with E-state index in [1.807, 2.05) is 48.5 Å². The highest BCUT2D eigenvalue weighted by molar-refractivity contribution is 9.10. The molecule has 162 valence electrons. The summed E-state index contributed by atoms with van der Waals surface area (Å²) in [5.74, 6) is -0.378. The van der Waals surface area contributed by atoms with Gasteiger partial charge in [-0.2, -0.15) is 10.2 Å². The third kappa shape index (κ3) is 4.60. The van der Waals surface area contributed by atoms with Crippen molar-refractivity contribution in [3.8, 4) is 0 Å². The molecule has 0 saturated heterocycles. The number of fused-ring (bicyclic) bond motifs is 2. The van der Waals surface area contributed by atoms with Crippen LogP contribution >= 0.6 is 31.9 Å². The van der Waals surface area contributed by atoms with E-state index in [1.54, 1.807) is 17.1 Å². The second-order valence-corrected chi connectivity index (χ2v) is 9.35. The summed E-state index contributed by atoms with van der Waals surface area (Å²) in [4.78, 5) is 12.8. The van der Waals surface area contributed by atoms with Crippen LogP contribution in [0.5, 0.6) is 0 Å². The minimum absolute atomic E-state index is 0.284. The van der Waals surface area contributed by atoms with Crippen molar-refractivity contribution >= 4 is 65.5 Å². The third-order valence-corrected chi connectivity index (χ3v) is 6.47. The quantitative estimate of drug-likeness (QED) is 0.151. The van der Waals surface area contributed by atoms with Gasteiger partial charge in [-0.15, -0.1) is 0 Å². The predicted octanol–water partition coefficient (Wildman–Crippen LogP) is 6.53. The van der Waals surface area contributed by atoms with E-state index in [1.165, 1.54) is 0 Å². The molecule has 0 spiro atoms. The van der Waals surface area contributed by atoms with Crippen LogP contribution in [0.2, 0.25) is 0 Å². The smallest absolute Gasteiger partial charge is 0.266 e. The monoisotopic (exact) mass is 560 g/mol. The number of benzene rings is 4. The molecule has 0 radical (unpaired) electrons. The molecule has 0 unspecified atom stereocenters. The fourth-order valence-electron chi connectivity index (χ4n) is 3.81. The zero-order valence-electron chi connectivity index (χ0n) is 17.4. The lowest BCUT2D eigenvalue weighted by Gasteiger charge is -2.07. The molecule has 0 atom stereocenters. The van der Waals surface area contributed by atoms with Crippen LogP contribution in [0.25, 0.3) is 21.5 Å². The Kier molecular flexibility index (Phi) is 6.07. The van der Waals surface area contributed by atoms with Crippen LogP contribution in [0, 0.1) is 0 Å². The second-order valence-electron chi connectivity index (χ2n) is 7.58. The number of hydrogen-bond acceptors (Lipinski definition) is 3. The SMILES string of the molecule is O=C(N/N=C\c1c2ccccc2cc2ccccc12)c1nn(Cc2ccc(Br)cc2)cc1Br. The van der Waals surface area contributed by atoms with Crippen molar-refractivity contribution in [2.75, 3.05) is 0 Å². The number of hydrazone groups is 1. The van der Waals surface area contributed by atoms with E-state index >= 15 is 0 Å². The summed E-state index contributed by atoms with van der Waals surface area (Å²) < 4.78 is 3.36. The Hall–Kier alpha value is -3.29. The van der Waals surface area contributed by atoms with Gasteiger partial charge in [0, 0.05) is 16.2 Å². The highest BCUT2D eigenvalue weighted by Gasteiger charge is 2.15. The first-order valence-electron chi connectivity index (χ1n) is 10.3. The molecule has 1 amide bonds. The summed E-state index contributed by atoms with van der Waals surface area (Å²) in [5, 5.41) is 13.1. The number of nitrogens with zero attached hydrogens (tertiary/aromatic N) is 3. The van der Waals surface area contributed by atoms with Crippen molar-refractivity contribution in [2.24, 2.45) is 5.10 Å². The lowest BCUT2D eigenvalue weighted by molar-refractivity contribution is 0.0948. The molecule has 0 aliphatic carbocycles. The van der Waals surface area contributed by atoms with Crippen LogP contribution in [0.1, 0.15) is 21.6 Å². The van der Waals surface area contributed by atoms with Gasteiger partial charge in [-0.1, -0.05) is 76.6 Å². The summed E-state index contributed by atoms with van der Waals surface area (Å²) in [6, 6.07) is 26.5. The highest BCUT2D eigenvalue weighted by atomic mass is 79.9. The first kappa shape index (κ1) is 21.6. The minimum atomic E-state index is -0.378. The Labute approximate surface area is 207 Å². The Bertz CT molecular complexity index is 1450. The zero-order chi connectivity index (χ0) is 22.8. The minimum Gasteiger partial charge on any atom is -0.266 e. The molecule has 0 aliphatic rings. The fourth-order valence-corrected chi connectivity index (χ4v) is 4.57. The van der Waals surface area contributed by atoms with Crippen molar-refractivity contribution in [1.29, 1.82) is 0 Å². The van der Waals surface area contributed by atoms with Gasteiger partial charge in [0.25, 0.3) is 5.91 Å². The molecule has 5 aromatic rings. The van der Waals surface area contributed by atoms with Crippen LogP contribution < -0.4 is 5.43 Å². The topological polar surface area (TPSA) is 59.3 Å². The molecule has 5 rings (SSSR count). The molecule has 1 N–H and O–H groups in total. The molecule has 4 aromatic carbocycles. The number of carbonyl (C=O) groups excluding carboxylic acids is 1. The molecular formula is C26H18Br2N4O. The Morgan fingerprint density at radius 2 is 1.58 bits per heavy atom. The maximum atomic E-state index is 12.8. The summed E-state index contributed by atoms with van der Waals surface area (Å²) >= 11 is 6.88. The third-order valence-electron chi connectivity index (χ3n) is 5.36. The van der Waals surface area contributed by atoms with Crippen LogP contribution in [0.4, 0.5) is 0 Å². The second kappa shape index (κ2) is 9.29. The number of nitrogens with one attached hydrogen (secondary N) is 1. The average molecular weight is 562 g/mol. The van der Waals surface area contributed by atoms with Crippen LogP contribution in [0.15, 0.2) is 99.1 Å². The highest BCUT2D eigenvalue weighted by Crippen LogP contribution is 2.27. The van der Waals surface area contributed by atoms with Gasteiger partial charge in [-0.25, -0.2) is 5.43 Å². The van der Waals surface area contributed by atoms with E-state index in [9.17, 15) is 4.79 Å². The van der Waals surface area contributed by atoms with Crippen molar-refractivity contribution in [2.45, 2.75) is 6.54 Å². The number of halogens is 2. The number of aromatic nitrogens is 2. The van der Waals surface area contributed by atoms with Crippen LogP contribution in [-0.2, 0) is 6.54 Å². The summed E-state index contributed by atoms with van der Waals surface area (Å²) in [6.45, 7) is 0.560. The summed E-state index contributed by atoms with van der Waals surface area (Å²) in [6.07, 6.45) is 3.49. The summed E-state index contributed by atoms with van der Waals surface area (Å²) in [5.41, 5.74) is 4.95. The molecule has 0 bridgehead atoms. The number of carbonyl (C=O) groups is 1. The molecule has 5 nitrogen and oxygen atoms in total. The van der Waals surface area contributed by atoms with Crippen LogP contribution in [-0.4, -0.2) is 21.9 Å². The lowest BCUT2D eigenvalue weighted by atomic mass is 9.97. The Morgan fingerprint density at radius 3 is 2.24 bits per heavy atom. The molecular weight excluding hydrogens is 544 g/mol. The van der Waals surface area contributed by atoms with Crippen LogP contribution in [0.3, 0.4) is 0 Å². The Balaban J connectivity index is 1.38. The predicted molar refractivity (Wildman–Crippen MR) is 140 cm³/mol. The molecule has 1 heterocycles. The molecule has 0 fully saturated rings. The Morgan fingerprint density at radius 1 is 0.939 bits per heavy atom. The maximum Gasteiger partial charge on any atom is 0.293 e.